The first-order valence-corrected chi connectivity index (χ1v) is 9.13. The third-order valence-corrected chi connectivity index (χ3v) is 6.40. The second-order valence-corrected chi connectivity index (χ2v) is 7.54. The van der Waals surface area contributed by atoms with Crippen molar-refractivity contribution in [3.8, 4) is 0 Å². The zero-order valence-electron chi connectivity index (χ0n) is 11.3. The Balaban J connectivity index is 1.82. The molecule has 2 unspecified atom stereocenters. The number of likely N-dealkylation sites (tertiary alicyclic amines) is 1. The first kappa shape index (κ1) is 13.6. The molecule has 1 fully saturated rings. The first-order valence-electron chi connectivity index (χ1n) is 7.19. The zero-order valence-corrected chi connectivity index (χ0v) is 13.7. The second-order valence-electron chi connectivity index (χ2n) is 5.75. The van der Waals surface area contributed by atoms with Gasteiger partial charge in [0.15, 0.2) is 0 Å². The number of aryl methyl sites for hydroxylation is 2. The maximum atomic E-state index is 12.7. The minimum absolute atomic E-state index is 0.258. The van der Waals surface area contributed by atoms with Gasteiger partial charge in [0.2, 0.25) is 0 Å². The molecule has 0 saturated carbocycles. The SMILES string of the molecule is CC1CCN(C(=O)c2cc3c(s2)CCCC3)C1CBr. The van der Waals surface area contributed by atoms with Crippen LogP contribution in [0.2, 0.25) is 0 Å². The van der Waals surface area contributed by atoms with E-state index < -0.39 is 0 Å². The Morgan fingerprint density at radius 2 is 2.26 bits per heavy atom. The van der Waals surface area contributed by atoms with Crippen molar-refractivity contribution in [2.45, 2.75) is 45.1 Å². The maximum absolute atomic E-state index is 12.7. The molecule has 1 saturated heterocycles. The molecule has 3 rings (SSSR count). The van der Waals surface area contributed by atoms with Crippen molar-refractivity contribution in [3.63, 3.8) is 0 Å². The fourth-order valence-electron chi connectivity index (χ4n) is 3.23. The summed E-state index contributed by atoms with van der Waals surface area (Å²) in [6, 6.07) is 2.53. The Morgan fingerprint density at radius 1 is 1.47 bits per heavy atom. The number of halogens is 1. The van der Waals surface area contributed by atoms with E-state index in [1.807, 2.05) is 0 Å². The standard InChI is InChI=1S/C15H20BrNOS/c1-10-6-7-17(12(10)9-16)15(18)14-8-11-4-2-3-5-13(11)19-14/h8,10,12H,2-7,9H2,1H3. The molecule has 2 aliphatic rings. The molecule has 2 atom stereocenters. The Hall–Kier alpha value is -0.350. The average Bonchev–Trinajstić information content (AvgIpc) is 3.00. The number of rotatable bonds is 2. The lowest BCUT2D eigenvalue weighted by molar-refractivity contribution is 0.0743. The second kappa shape index (κ2) is 5.57. The zero-order chi connectivity index (χ0) is 13.4. The van der Waals surface area contributed by atoms with Gasteiger partial charge in [-0.2, -0.15) is 0 Å². The van der Waals surface area contributed by atoms with E-state index in [1.165, 1.54) is 29.7 Å². The Labute approximate surface area is 127 Å². The summed E-state index contributed by atoms with van der Waals surface area (Å²) in [6.07, 6.45) is 6.03. The lowest BCUT2D eigenvalue weighted by Crippen LogP contribution is -2.38. The maximum Gasteiger partial charge on any atom is 0.264 e. The van der Waals surface area contributed by atoms with Crippen LogP contribution < -0.4 is 0 Å². The van der Waals surface area contributed by atoms with Crippen LogP contribution in [0.4, 0.5) is 0 Å². The number of thiophene rings is 1. The minimum atomic E-state index is 0.258. The van der Waals surface area contributed by atoms with Crippen LogP contribution in [0.15, 0.2) is 6.07 Å². The predicted molar refractivity (Wildman–Crippen MR) is 83.4 cm³/mol. The van der Waals surface area contributed by atoms with Crippen molar-refractivity contribution in [2.24, 2.45) is 5.92 Å². The summed E-state index contributed by atoms with van der Waals surface area (Å²) in [4.78, 5) is 17.2. The number of carbonyl (C=O) groups is 1. The summed E-state index contributed by atoms with van der Waals surface area (Å²) in [5.41, 5.74) is 1.43. The monoisotopic (exact) mass is 341 g/mol. The van der Waals surface area contributed by atoms with Crippen LogP contribution in [0.1, 0.15) is 46.3 Å². The van der Waals surface area contributed by atoms with Crippen LogP contribution >= 0.6 is 27.3 Å². The highest BCUT2D eigenvalue weighted by Crippen LogP contribution is 2.33. The topological polar surface area (TPSA) is 20.3 Å². The average molecular weight is 342 g/mol. The fraction of sp³-hybridized carbons (Fsp3) is 0.667. The highest BCUT2D eigenvalue weighted by atomic mass is 79.9. The highest BCUT2D eigenvalue weighted by Gasteiger charge is 2.34. The number of alkyl halides is 1. The lowest BCUT2D eigenvalue weighted by atomic mass is 9.99. The van der Waals surface area contributed by atoms with Gasteiger partial charge in [-0.05, 0) is 49.7 Å². The molecule has 0 aromatic carbocycles. The molecule has 2 heterocycles. The number of hydrogen-bond donors (Lipinski definition) is 0. The van der Waals surface area contributed by atoms with Crippen molar-refractivity contribution in [1.82, 2.24) is 4.90 Å². The quantitative estimate of drug-likeness (QED) is 0.747. The predicted octanol–water partition coefficient (Wildman–Crippen LogP) is 3.87. The van der Waals surface area contributed by atoms with E-state index >= 15 is 0 Å². The molecule has 4 heteroatoms. The highest BCUT2D eigenvalue weighted by molar-refractivity contribution is 9.09. The number of carbonyl (C=O) groups excluding carboxylic acids is 1. The van der Waals surface area contributed by atoms with Crippen LogP contribution in [0.3, 0.4) is 0 Å². The van der Waals surface area contributed by atoms with Gasteiger partial charge in [0.25, 0.3) is 5.91 Å². The van der Waals surface area contributed by atoms with E-state index in [4.69, 9.17) is 0 Å². The molecule has 1 amide bonds. The summed E-state index contributed by atoms with van der Waals surface area (Å²) in [5, 5.41) is 0.894. The third-order valence-electron chi connectivity index (χ3n) is 4.51. The Bertz CT molecular complexity index is 461. The molecular weight excluding hydrogens is 322 g/mol. The number of hydrogen-bond acceptors (Lipinski definition) is 2. The first-order chi connectivity index (χ1) is 9.20. The van der Waals surface area contributed by atoms with Gasteiger partial charge in [-0.1, -0.05) is 22.9 Å². The molecule has 104 valence electrons. The van der Waals surface area contributed by atoms with Crippen molar-refractivity contribution in [2.75, 3.05) is 11.9 Å². The van der Waals surface area contributed by atoms with E-state index in [1.54, 1.807) is 11.3 Å². The van der Waals surface area contributed by atoms with Crippen LogP contribution in [0.5, 0.6) is 0 Å². The molecule has 0 N–H and O–H groups in total. The van der Waals surface area contributed by atoms with Gasteiger partial charge in [0.1, 0.15) is 0 Å². The molecule has 1 aliphatic heterocycles. The van der Waals surface area contributed by atoms with Crippen molar-refractivity contribution < 1.29 is 4.79 Å². The van der Waals surface area contributed by atoms with E-state index in [0.29, 0.717) is 12.0 Å². The molecule has 0 bridgehead atoms. The van der Waals surface area contributed by atoms with Crippen LogP contribution in [0, 0.1) is 5.92 Å². The van der Waals surface area contributed by atoms with Crippen molar-refractivity contribution in [3.05, 3.63) is 21.4 Å². The Morgan fingerprint density at radius 3 is 3.00 bits per heavy atom. The lowest BCUT2D eigenvalue weighted by Gasteiger charge is -2.24. The van der Waals surface area contributed by atoms with E-state index in [-0.39, 0.29) is 5.91 Å². The number of fused-ring (bicyclic) bond motifs is 1. The normalized spacial score (nSPS) is 26.5. The van der Waals surface area contributed by atoms with Gasteiger partial charge in [-0.15, -0.1) is 11.3 Å². The summed E-state index contributed by atoms with van der Waals surface area (Å²) >= 11 is 5.30. The fourth-order valence-corrected chi connectivity index (χ4v) is 5.43. The van der Waals surface area contributed by atoms with E-state index in [2.05, 4.69) is 33.8 Å². The van der Waals surface area contributed by atoms with Crippen LogP contribution in [-0.4, -0.2) is 28.7 Å². The van der Waals surface area contributed by atoms with Gasteiger partial charge >= 0.3 is 0 Å². The van der Waals surface area contributed by atoms with Gasteiger partial charge in [0.05, 0.1) is 4.88 Å². The molecule has 2 nitrogen and oxygen atoms in total. The molecular formula is C15H20BrNOS. The van der Waals surface area contributed by atoms with Crippen LogP contribution in [0.25, 0.3) is 0 Å². The Kier molecular flexibility index (Phi) is 3.99. The molecule has 0 spiro atoms. The molecule has 0 radical (unpaired) electrons. The van der Waals surface area contributed by atoms with Gasteiger partial charge in [0, 0.05) is 22.8 Å². The summed E-state index contributed by atoms with van der Waals surface area (Å²) in [5.74, 6) is 0.867. The molecule has 1 aliphatic carbocycles. The van der Waals surface area contributed by atoms with E-state index in [0.717, 1.165) is 29.6 Å². The van der Waals surface area contributed by atoms with Crippen LogP contribution in [-0.2, 0) is 12.8 Å². The summed E-state index contributed by atoms with van der Waals surface area (Å²) < 4.78 is 0. The number of nitrogens with zero attached hydrogens (tertiary/aromatic N) is 1. The van der Waals surface area contributed by atoms with Crippen molar-refractivity contribution in [1.29, 1.82) is 0 Å². The summed E-state index contributed by atoms with van der Waals surface area (Å²) in [6.45, 7) is 3.16. The molecule has 1 aromatic heterocycles. The van der Waals surface area contributed by atoms with E-state index in [9.17, 15) is 4.79 Å². The largest absolute Gasteiger partial charge is 0.334 e. The summed E-state index contributed by atoms with van der Waals surface area (Å²) in [7, 11) is 0. The number of amides is 1. The third kappa shape index (κ3) is 2.49. The smallest absolute Gasteiger partial charge is 0.264 e. The van der Waals surface area contributed by atoms with Gasteiger partial charge in [-0.25, -0.2) is 0 Å². The molecule has 1 aromatic rings. The van der Waals surface area contributed by atoms with Crippen molar-refractivity contribution >= 4 is 33.2 Å². The van der Waals surface area contributed by atoms with Gasteiger partial charge < -0.3 is 4.90 Å². The molecule has 19 heavy (non-hydrogen) atoms. The minimum Gasteiger partial charge on any atom is -0.334 e. The van der Waals surface area contributed by atoms with Gasteiger partial charge in [-0.3, -0.25) is 4.79 Å².